The standard InChI is InChI=1S/C18H24N4O2/c1-19-17(14-10-20-21(2)11-14)18(23)22-9-8-13(12-22)15-6-4-5-7-16(15)24-3/h4-7,10-11,13,17,19H,8-9,12H2,1-3H3. The van der Waals surface area contributed by atoms with Gasteiger partial charge in [0.1, 0.15) is 11.8 Å². The number of nitrogens with one attached hydrogen (secondary N) is 1. The molecular weight excluding hydrogens is 304 g/mol. The first kappa shape index (κ1) is 16.5. The summed E-state index contributed by atoms with van der Waals surface area (Å²) in [6.07, 6.45) is 4.58. The maximum absolute atomic E-state index is 12.9. The first-order valence-electron chi connectivity index (χ1n) is 8.21. The molecule has 3 rings (SSSR count). The Bertz CT molecular complexity index is 713. The predicted octanol–water partition coefficient (Wildman–Crippen LogP) is 1.71. The van der Waals surface area contributed by atoms with Gasteiger partial charge in [-0.25, -0.2) is 0 Å². The molecule has 0 radical (unpaired) electrons. The van der Waals surface area contributed by atoms with Crippen LogP contribution in [0.3, 0.4) is 0 Å². The largest absolute Gasteiger partial charge is 0.496 e. The van der Waals surface area contributed by atoms with Gasteiger partial charge in [-0.05, 0) is 25.1 Å². The number of aromatic nitrogens is 2. The number of benzene rings is 1. The molecule has 6 nitrogen and oxygen atoms in total. The van der Waals surface area contributed by atoms with Crippen molar-refractivity contribution in [2.24, 2.45) is 7.05 Å². The molecule has 1 aromatic heterocycles. The quantitative estimate of drug-likeness (QED) is 0.908. The van der Waals surface area contributed by atoms with Gasteiger partial charge in [-0.15, -0.1) is 0 Å². The van der Waals surface area contributed by atoms with E-state index in [9.17, 15) is 4.79 Å². The van der Waals surface area contributed by atoms with E-state index in [2.05, 4.69) is 16.5 Å². The third-order valence-electron chi connectivity index (χ3n) is 4.67. The molecule has 1 N–H and O–H groups in total. The highest BCUT2D eigenvalue weighted by atomic mass is 16.5. The number of rotatable bonds is 5. The SMILES string of the molecule is CNC(C(=O)N1CCC(c2ccccc2OC)C1)c1cnn(C)c1. The molecule has 0 spiro atoms. The fraction of sp³-hybridized carbons (Fsp3) is 0.444. The van der Waals surface area contributed by atoms with E-state index in [1.165, 1.54) is 5.56 Å². The van der Waals surface area contributed by atoms with E-state index in [1.54, 1.807) is 18.0 Å². The van der Waals surface area contributed by atoms with Gasteiger partial charge in [0, 0.05) is 37.8 Å². The summed E-state index contributed by atoms with van der Waals surface area (Å²) in [5.74, 6) is 1.31. The first-order chi connectivity index (χ1) is 11.6. The van der Waals surface area contributed by atoms with Crippen LogP contribution in [-0.4, -0.2) is 47.8 Å². The fourth-order valence-electron chi connectivity index (χ4n) is 3.42. The number of methoxy groups -OCH3 is 1. The van der Waals surface area contributed by atoms with Gasteiger partial charge >= 0.3 is 0 Å². The summed E-state index contributed by atoms with van der Waals surface area (Å²) in [4.78, 5) is 14.8. The number of amides is 1. The van der Waals surface area contributed by atoms with Crippen molar-refractivity contribution in [1.82, 2.24) is 20.0 Å². The van der Waals surface area contributed by atoms with Gasteiger partial charge in [0.2, 0.25) is 5.91 Å². The van der Waals surface area contributed by atoms with Gasteiger partial charge in [-0.2, -0.15) is 5.10 Å². The van der Waals surface area contributed by atoms with Crippen molar-refractivity contribution in [2.75, 3.05) is 27.2 Å². The lowest BCUT2D eigenvalue weighted by molar-refractivity contribution is -0.132. The zero-order chi connectivity index (χ0) is 17.1. The van der Waals surface area contributed by atoms with E-state index in [0.29, 0.717) is 5.92 Å². The van der Waals surface area contributed by atoms with E-state index in [4.69, 9.17) is 4.74 Å². The zero-order valence-electron chi connectivity index (χ0n) is 14.4. The summed E-state index contributed by atoms with van der Waals surface area (Å²) in [6.45, 7) is 1.48. The average Bonchev–Trinajstić information content (AvgIpc) is 3.25. The molecule has 1 aliphatic heterocycles. The van der Waals surface area contributed by atoms with Gasteiger partial charge in [0.15, 0.2) is 0 Å². The second-order valence-electron chi connectivity index (χ2n) is 6.18. The molecule has 24 heavy (non-hydrogen) atoms. The Balaban J connectivity index is 1.73. The van der Waals surface area contributed by atoms with Crippen LogP contribution in [0.1, 0.15) is 29.5 Å². The van der Waals surface area contributed by atoms with Crippen LogP contribution >= 0.6 is 0 Å². The maximum atomic E-state index is 12.9. The van der Waals surface area contributed by atoms with Crippen molar-refractivity contribution in [3.63, 3.8) is 0 Å². The van der Waals surface area contributed by atoms with Gasteiger partial charge in [0.05, 0.1) is 13.3 Å². The Labute approximate surface area is 142 Å². The van der Waals surface area contributed by atoms with Gasteiger partial charge in [-0.1, -0.05) is 18.2 Å². The van der Waals surface area contributed by atoms with Crippen molar-refractivity contribution in [1.29, 1.82) is 0 Å². The van der Waals surface area contributed by atoms with Crippen LogP contribution in [0.2, 0.25) is 0 Å². The third-order valence-corrected chi connectivity index (χ3v) is 4.67. The van der Waals surface area contributed by atoms with E-state index in [1.807, 2.05) is 43.4 Å². The molecular formula is C18H24N4O2. The van der Waals surface area contributed by atoms with Gasteiger partial charge in [-0.3, -0.25) is 9.48 Å². The lowest BCUT2D eigenvalue weighted by Gasteiger charge is -2.23. The maximum Gasteiger partial charge on any atom is 0.244 e. The molecule has 128 valence electrons. The number of carbonyl (C=O) groups is 1. The van der Waals surface area contributed by atoms with Crippen LogP contribution in [-0.2, 0) is 11.8 Å². The minimum absolute atomic E-state index is 0.0999. The number of para-hydroxylation sites is 1. The summed E-state index contributed by atoms with van der Waals surface area (Å²) < 4.78 is 7.18. The van der Waals surface area contributed by atoms with E-state index >= 15 is 0 Å². The van der Waals surface area contributed by atoms with E-state index in [-0.39, 0.29) is 11.9 Å². The van der Waals surface area contributed by atoms with Gasteiger partial charge in [0.25, 0.3) is 0 Å². The van der Waals surface area contributed by atoms with Crippen LogP contribution in [0.5, 0.6) is 5.75 Å². The van der Waals surface area contributed by atoms with Crippen molar-refractivity contribution < 1.29 is 9.53 Å². The summed E-state index contributed by atoms with van der Waals surface area (Å²) in [5.41, 5.74) is 2.07. The van der Waals surface area contributed by atoms with E-state index in [0.717, 1.165) is 30.8 Å². The highest BCUT2D eigenvalue weighted by Crippen LogP contribution is 2.34. The Hall–Kier alpha value is -2.34. The van der Waals surface area contributed by atoms with Crippen molar-refractivity contribution in [3.05, 3.63) is 47.8 Å². The van der Waals surface area contributed by atoms with E-state index < -0.39 is 0 Å². The number of hydrogen-bond acceptors (Lipinski definition) is 4. The molecule has 0 aliphatic carbocycles. The molecule has 1 fully saturated rings. The van der Waals surface area contributed by atoms with Crippen LogP contribution in [0, 0.1) is 0 Å². The number of aryl methyl sites for hydroxylation is 1. The Morgan fingerprint density at radius 1 is 1.42 bits per heavy atom. The highest BCUT2D eigenvalue weighted by molar-refractivity contribution is 5.83. The molecule has 6 heteroatoms. The second kappa shape index (κ2) is 7.05. The minimum Gasteiger partial charge on any atom is -0.496 e. The normalized spacial score (nSPS) is 18.6. The predicted molar refractivity (Wildman–Crippen MR) is 91.9 cm³/mol. The second-order valence-corrected chi connectivity index (χ2v) is 6.18. The molecule has 2 aromatic rings. The van der Waals surface area contributed by atoms with Crippen LogP contribution in [0.25, 0.3) is 0 Å². The topological polar surface area (TPSA) is 59.4 Å². The number of likely N-dealkylation sites (N-methyl/N-ethyl adjacent to an activating group) is 1. The summed E-state index contributed by atoms with van der Waals surface area (Å²) in [6, 6.07) is 7.71. The third kappa shape index (κ3) is 3.14. The molecule has 1 aliphatic rings. The van der Waals surface area contributed by atoms with Gasteiger partial charge < -0.3 is 15.0 Å². The highest BCUT2D eigenvalue weighted by Gasteiger charge is 2.33. The molecule has 1 aromatic carbocycles. The lowest BCUT2D eigenvalue weighted by atomic mass is 9.97. The van der Waals surface area contributed by atoms with Crippen LogP contribution in [0.15, 0.2) is 36.7 Å². The minimum atomic E-state index is -0.352. The molecule has 0 saturated carbocycles. The number of likely N-dealkylation sites (tertiary alicyclic amines) is 1. The zero-order valence-corrected chi connectivity index (χ0v) is 14.4. The van der Waals surface area contributed by atoms with Crippen LogP contribution < -0.4 is 10.1 Å². The summed E-state index contributed by atoms with van der Waals surface area (Å²) in [5, 5.41) is 7.29. The van der Waals surface area contributed by atoms with Crippen molar-refractivity contribution in [2.45, 2.75) is 18.4 Å². The number of nitrogens with zero attached hydrogens (tertiary/aromatic N) is 3. The van der Waals surface area contributed by atoms with Crippen molar-refractivity contribution in [3.8, 4) is 5.75 Å². The number of hydrogen-bond donors (Lipinski definition) is 1. The fourth-order valence-corrected chi connectivity index (χ4v) is 3.42. The Morgan fingerprint density at radius 3 is 2.88 bits per heavy atom. The summed E-state index contributed by atoms with van der Waals surface area (Å²) >= 11 is 0. The molecule has 2 unspecified atom stereocenters. The summed E-state index contributed by atoms with van der Waals surface area (Å²) in [7, 11) is 5.35. The average molecular weight is 328 g/mol. The number of ether oxygens (including phenoxy) is 1. The van der Waals surface area contributed by atoms with Crippen molar-refractivity contribution >= 4 is 5.91 Å². The number of carbonyl (C=O) groups excluding carboxylic acids is 1. The molecule has 1 saturated heterocycles. The first-order valence-corrected chi connectivity index (χ1v) is 8.21. The lowest BCUT2D eigenvalue weighted by Crippen LogP contribution is -2.38. The Kier molecular flexibility index (Phi) is 4.85. The molecule has 2 atom stereocenters. The molecule has 0 bridgehead atoms. The smallest absolute Gasteiger partial charge is 0.244 e. The van der Waals surface area contributed by atoms with Crippen LogP contribution in [0.4, 0.5) is 0 Å². The molecule has 1 amide bonds. The monoisotopic (exact) mass is 328 g/mol. The molecule has 2 heterocycles. The Morgan fingerprint density at radius 2 is 2.21 bits per heavy atom.